The van der Waals surface area contributed by atoms with Crippen molar-refractivity contribution < 1.29 is 5.11 Å². The molecule has 3 nitrogen and oxygen atoms in total. The molecule has 0 fully saturated rings. The summed E-state index contributed by atoms with van der Waals surface area (Å²) in [7, 11) is 1.88. The van der Waals surface area contributed by atoms with Crippen molar-refractivity contribution in [3.8, 4) is 0 Å². The number of aromatic nitrogens is 2. The largest absolute Gasteiger partial charge is 0.379 e. The predicted molar refractivity (Wildman–Crippen MR) is 59.4 cm³/mol. The minimum atomic E-state index is -0.817. The van der Waals surface area contributed by atoms with E-state index in [4.69, 9.17) is 0 Å². The Kier molecular flexibility index (Phi) is 2.43. The van der Waals surface area contributed by atoms with Gasteiger partial charge in [-0.05, 0) is 31.7 Å². The zero-order chi connectivity index (χ0) is 11.1. The van der Waals surface area contributed by atoms with Crippen LogP contribution in [-0.2, 0) is 12.6 Å². The Balaban J connectivity index is 2.38. The van der Waals surface area contributed by atoms with Crippen molar-refractivity contribution in [3.63, 3.8) is 0 Å². The van der Waals surface area contributed by atoms with E-state index in [1.165, 1.54) is 0 Å². The van der Waals surface area contributed by atoms with Crippen LogP contribution in [0.5, 0.6) is 0 Å². The number of nitrogens with zero attached hydrogens (tertiary/aromatic N) is 2. The molecule has 0 radical (unpaired) electrons. The molecule has 0 bridgehead atoms. The first kappa shape index (κ1) is 10.4. The highest BCUT2D eigenvalue weighted by atomic mass is 16.3. The fourth-order valence-corrected chi connectivity index (χ4v) is 2.18. The van der Waals surface area contributed by atoms with Gasteiger partial charge in [0.1, 0.15) is 5.60 Å². The maximum Gasteiger partial charge on any atom is 0.124 e. The Morgan fingerprint density at radius 3 is 2.80 bits per heavy atom. The van der Waals surface area contributed by atoms with Crippen molar-refractivity contribution >= 4 is 0 Å². The van der Waals surface area contributed by atoms with Crippen molar-refractivity contribution in [2.75, 3.05) is 0 Å². The molecule has 1 aromatic heterocycles. The molecular weight excluding hydrogens is 188 g/mol. The lowest BCUT2D eigenvalue weighted by Crippen LogP contribution is -2.29. The number of rotatable bonds is 1. The highest BCUT2D eigenvalue weighted by molar-refractivity contribution is 5.24. The minimum Gasteiger partial charge on any atom is -0.379 e. The maximum atomic E-state index is 10.5. The van der Waals surface area contributed by atoms with E-state index >= 15 is 0 Å². The van der Waals surface area contributed by atoms with E-state index in [2.05, 4.69) is 18.1 Å². The first-order chi connectivity index (χ1) is 7.01. The van der Waals surface area contributed by atoms with E-state index < -0.39 is 5.60 Å². The molecule has 3 heteroatoms. The van der Waals surface area contributed by atoms with Crippen LogP contribution >= 0.6 is 0 Å². The smallest absolute Gasteiger partial charge is 0.124 e. The first-order valence-electron chi connectivity index (χ1n) is 5.44. The second-order valence-corrected chi connectivity index (χ2v) is 4.59. The summed E-state index contributed by atoms with van der Waals surface area (Å²) < 4.78 is 1.77. The normalized spacial score (nSPS) is 30.8. The molecule has 0 saturated heterocycles. The van der Waals surface area contributed by atoms with Crippen molar-refractivity contribution in [1.82, 2.24) is 9.78 Å². The molecule has 15 heavy (non-hydrogen) atoms. The van der Waals surface area contributed by atoms with Gasteiger partial charge in [0.25, 0.3) is 0 Å². The van der Waals surface area contributed by atoms with Gasteiger partial charge < -0.3 is 5.11 Å². The molecule has 2 unspecified atom stereocenters. The lowest BCUT2D eigenvalue weighted by Gasteiger charge is -2.29. The summed E-state index contributed by atoms with van der Waals surface area (Å²) in [4.78, 5) is 0. The summed E-state index contributed by atoms with van der Waals surface area (Å²) in [5.41, 5.74) is 1.03. The van der Waals surface area contributed by atoms with Crippen molar-refractivity contribution in [2.24, 2.45) is 13.0 Å². The minimum absolute atomic E-state index is 0.569. The van der Waals surface area contributed by atoms with Crippen LogP contribution in [0.1, 0.15) is 31.2 Å². The fourth-order valence-electron chi connectivity index (χ4n) is 2.18. The second-order valence-electron chi connectivity index (χ2n) is 4.59. The summed E-state index contributed by atoms with van der Waals surface area (Å²) in [6.45, 7) is 4.12. The van der Waals surface area contributed by atoms with Crippen LogP contribution in [0, 0.1) is 12.8 Å². The lowest BCUT2D eigenvalue weighted by atomic mass is 9.84. The van der Waals surface area contributed by atoms with Gasteiger partial charge in [0.05, 0.1) is 11.4 Å². The van der Waals surface area contributed by atoms with Gasteiger partial charge in [0, 0.05) is 7.05 Å². The van der Waals surface area contributed by atoms with Gasteiger partial charge in [-0.1, -0.05) is 19.1 Å². The summed E-state index contributed by atoms with van der Waals surface area (Å²) in [5.74, 6) is 0.569. The van der Waals surface area contributed by atoms with Gasteiger partial charge >= 0.3 is 0 Å². The monoisotopic (exact) mass is 206 g/mol. The third-order valence-corrected chi connectivity index (χ3v) is 3.13. The molecule has 0 saturated carbocycles. The molecule has 1 heterocycles. The van der Waals surface area contributed by atoms with Crippen molar-refractivity contribution in [1.29, 1.82) is 0 Å². The zero-order valence-corrected chi connectivity index (χ0v) is 9.57. The van der Waals surface area contributed by atoms with Crippen LogP contribution in [0.3, 0.4) is 0 Å². The molecule has 2 rings (SSSR count). The Labute approximate surface area is 90.4 Å². The third-order valence-electron chi connectivity index (χ3n) is 3.13. The van der Waals surface area contributed by atoms with Crippen molar-refractivity contribution in [3.05, 3.63) is 29.6 Å². The molecule has 82 valence electrons. The fraction of sp³-hybridized carbons (Fsp3) is 0.583. The molecule has 2 atom stereocenters. The van der Waals surface area contributed by atoms with Gasteiger partial charge in [-0.15, -0.1) is 0 Å². The van der Waals surface area contributed by atoms with Gasteiger partial charge in [-0.25, -0.2) is 0 Å². The lowest BCUT2D eigenvalue weighted by molar-refractivity contribution is 0.0590. The van der Waals surface area contributed by atoms with Gasteiger partial charge in [0.15, 0.2) is 0 Å². The molecule has 0 aromatic carbocycles. The van der Waals surface area contributed by atoms with E-state index in [1.807, 2.05) is 26.1 Å². The number of hydrogen-bond donors (Lipinski definition) is 1. The number of hydrogen-bond acceptors (Lipinski definition) is 2. The average Bonchev–Trinajstić information content (AvgIpc) is 2.52. The highest BCUT2D eigenvalue weighted by Gasteiger charge is 2.32. The van der Waals surface area contributed by atoms with Crippen molar-refractivity contribution in [2.45, 2.75) is 32.3 Å². The van der Waals surface area contributed by atoms with Gasteiger partial charge in [0.2, 0.25) is 0 Å². The molecule has 0 aliphatic heterocycles. The summed E-state index contributed by atoms with van der Waals surface area (Å²) in [5, 5.41) is 14.8. The molecule has 0 amide bonds. The van der Waals surface area contributed by atoms with Gasteiger partial charge in [-0.2, -0.15) is 5.10 Å². The number of aryl methyl sites for hydroxylation is 2. The van der Waals surface area contributed by atoms with Gasteiger partial charge in [-0.3, -0.25) is 4.68 Å². The molecule has 1 aromatic rings. The standard InChI is InChI=1S/C12H18N2O/c1-9-4-6-12(15,7-5-9)11-8-10(2)13-14(11)3/h4,6,8-9,15H,5,7H2,1-3H3. The molecule has 1 N–H and O–H groups in total. The molecular formula is C12H18N2O. The van der Waals surface area contributed by atoms with E-state index in [1.54, 1.807) is 4.68 Å². The summed E-state index contributed by atoms with van der Waals surface area (Å²) in [6.07, 6.45) is 5.81. The Bertz CT molecular complexity index is 394. The number of aliphatic hydroxyl groups is 1. The summed E-state index contributed by atoms with van der Waals surface area (Å²) >= 11 is 0. The quantitative estimate of drug-likeness (QED) is 0.713. The zero-order valence-electron chi connectivity index (χ0n) is 9.57. The van der Waals surface area contributed by atoms with Crippen LogP contribution < -0.4 is 0 Å². The van der Waals surface area contributed by atoms with Crippen LogP contribution in [0.25, 0.3) is 0 Å². The van der Waals surface area contributed by atoms with E-state index in [9.17, 15) is 5.11 Å². The topological polar surface area (TPSA) is 38.0 Å². The third kappa shape index (κ3) is 1.84. The van der Waals surface area contributed by atoms with E-state index in [0.717, 1.165) is 24.2 Å². The Morgan fingerprint density at radius 2 is 2.33 bits per heavy atom. The molecule has 1 aliphatic rings. The van der Waals surface area contributed by atoms with E-state index in [-0.39, 0.29) is 0 Å². The SMILES string of the molecule is Cc1cc(C2(O)C=CC(C)CC2)n(C)n1. The van der Waals surface area contributed by atoms with Crippen LogP contribution in [-0.4, -0.2) is 14.9 Å². The Hall–Kier alpha value is -1.09. The van der Waals surface area contributed by atoms with Crippen LogP contribution in [0.4, 0.5) is 0 Å². The highest BCUT2D eigenvalue weighted by Crippen LogP contribution is 2.34. The summed E-state index contributed by atoms with van der Waals surface area (Å²) in [6, 6.07) is 1.96. The van der Waals surface area contributed by atoms with Crippen LogP contribution in [0.15, 0.2) is 18.2 Å². The number of allylic oxidation sites excluding steroid dienone is 1. The molecule has 0 spiro atoms. The van der Waals surface area contributed by atoms with Crippen LogP contribution in [0.2, 0.25) is 0 Å². The second kappa shape index (κ2) is 3.49. The average molecular weight is 206 g/mol. The van der Waals surface area contributed by atoms with E-state index in [0.29, 0.717) is 5.92 Å². The molecule has 1 aliphatic carbocycles. The Morgan fingerprint density at radius 1 is 1.60 bits per heavy atom. The predicted octanol–water partition coefficient (Wildman–Crippen LogP) is 1.90. The first-order valence-corrected chi connectivity index (χ1v) is 5.44. The maximum absolute atomic E-state index is 10.5.